The quantitative estimate of drug-likeness (QED) is 0.876. The molecule has 3 heteroatoms. The van der Waals surface area contributed by atoms with Crippen molar-refractivity contribution in [2.24, 2.45) is 0 Å². The van der Waals surface area contributed by atoms with Crippen LogP contribution in [0.5, 0.6) is 5.75 Å². The van der Waals surface area contributed by atoms with Crippen LogP contribution in [0, 0.1) is 0 Å². The first-order valence-corrected chi connectivity index (χ1v) is 8.03. The van der Waals surface area contributed by atoms with Crippen LogP contribution in [0.1, 0.15) is 28.8 Å². The van der Waals surface area contributed by atoms with Crippen molar-refractivity contribution in [2.75, 3.05) is 26.7 Å². The zero-order valence-electron chi connectivity index (χ0n) is 12.9. The summed E-state index contributed by atoms with van der Waals surface area (Å²) in [6.45, 7) is 3.27. The molecule has 2 aromatic rings. The van der Waals surface area contributed by atoms with Crippen LogP contribution in [0.3, 0.4) is 0 Å². The van der Waals surface area contributed by atoms with Gasteiger partial charge in [-0.2, -0.15) is 0 Å². The van der Waals surface area contributed by atoms with Crippen molar-refractivity contribution >= 4 is 0 Å². The minimum atomic E-state index is 0.378. The molecular weight excluding hydrogens is 272 g/mol. The lowest BCUT2D eigenvalue weighted by Gasteiger charge is -2.48. The van der Waals surface area contributed by atoms with Gasteiger partial charge in [-0.1, -0.05) is 36.4 Å². The summed E-state index contributed by atoms with van der Waals surface area (Å²) in [4.78, 5) is 5.06. The molecular formula is C19H22N2O. The van der Waals surface area contributed by atoms with Gasteiger partial charge in [0.25, 0.3) is 0 Å². The standard InChI is InChI=1S/C19H22N2O/c1-20-9-10-21-18(14-5-3-2-4-6-14)12-15-11-16(22)7-8-17(15)19(21)13-20/h2-8,11,18-19,22H,9-10,12-13H2,1H3/t18-,19-/m1/s1. The molecule has 0 amide bonds. The van der Waals surface area contributed by atoms with Crippen molar-refractivity contribution in [2.45, 2.75) is 18.5 Å². The van der Waals surface area contributed by atoms with Crippen LogP contribution in [-0.2, 0) is 6.42 Å². The molecule has 0 aliphatic carbocycles. The highest BCUT2D eigenvalue weighted by Gasteiger charge is 2.37. The van der Waals surface area contributed by atoms with Gasteiger partial charge in [0.1, 0.15) is 5.75 Å². The normalized spacial score (nSPS) is 25.5. The van der Waals surface area contributed by atoms with Crippen molar-refractivity contribution in [1.82, 2.24) is 9.80 Å². The van der Waals surface area contributed by atoms with Gasteiger partial charge in [-0.15, -0.1) is 0 Å². The Morgan fingerprint density at radius 1 is 1.00 bits per heavy atom. The number of phenols is 1. The fraction of sp³-hybridized carbons (Fsp3) is 0.368. The maximum Gasteiger partial charge on any atom is 0.115 e. The van der Waals surface area contributed by atoms with E-state index in [0.717, 1.165) is 26.1 Å². The summed E-state index contributed by atoms with van der Waals surface area (Å²) < 4.78 is 0. The first-order valence-electron chi connectivity index (χ1n) is 8.03. The predicted octanol–water partition coefficient (Wildman–Crippen LogP) is 2.98. The van der Waals surface area contributed by atoms with Crippen molar-refractivity contribution in [1.29, 1.82) is 0 Å². The van der Waals surface area contributed by atoms with Crippen LogP contribution in [-0.4, -0.2) is 41.6 Å². The Bertz CT molecular complexity index is 670. The van der Waals surface area contributed by atoms with E-state index in [1.807, 2.05) is 12.1 Å². The number of fused-ring (bicyclic) bond motifs is 3. The summed E-state index contributed by atoms with van der Waals surface area (Å²) in [5.74, 6) is 0.378. The molecule has 22 heavy (non-hydrogen) atoms. The summed E-state index contributed by atoms with van der Waals surface area (Å²) in [5.41, 5.74) is 4.06. The minimum absolute atomic E-state index is 0.378. The van der Waals surface area contributed by atoms with Crippen LogP contribution in [0.4, 0.5) is 0 Å². The molecule has 3 nitrogen and oxygen atoms in total. The number of likely N-dealkylation sites (N-methyl/N-ethyl adjacent to an activating group) is 1. The fourth-order valence-corrected chi connectivity index (χ4v) is 3.99. The lowest BCUT2D eigenvalue weighted by atomic mass is 9.84. The summed E-state index contributed by atoms with van der Waals surface area (Å²) in [5, 5.41) is 9.87. The van der Waals surface area contributed by atoms with E-state index >= 15 is 0 Å². The molecule has 1 fully saturated rings. The highest BCUT2D eigenvalue weighted by molar-refractivity contribution is 5.41. The van der Waals surface area contributed by atoms with Gasteiger partial charge in [0.05, 0.1) is 0 Å². The van der Waals surface area contributed by atoms with Gasteiger partial charge in [0.2, 0.25) is 0 Å². The fourth-order valence-electron chi connectivity index (χ4n) is 3.99. The molecule has 0 radical (unpaired) electrons. The Balaban J connectivity index is 1.79. The second-order valence-corrected chi connectivity index (χ2v) is 6.53. The van der Waals surface area contributed by atoms with Gasteiger partial charge in [-0.3, -0.25) is 4.90 Å². The third-order valence-corrected chi connectivity index (χ3v) is 5.11. The molecule has 114 valence electrons. The molecule has 2 aliphatic rings. The number of aromatic hydroxyl groups is 1. The Labute approximate surface area is 131 Å². The molecule has 0 aromatic heterocycles. The number of nitrogens with zero attached hydrogens (tertiary/aromatic N) is 2. The minimum Gasteiger partial charge on any atom is -0.508 e. The van der Waals surface area contributed by atoms with Gasteiger partial charge in [0, 0.05) is 31.7 Å². The van der Waals surface area contributed by atoms with E-state index in [1.165, 1.54) is 16.7 Å². The Hall–Kier alpha value is -1.84. The Morgan fingerprint density at radius 3 is 2.64 bits per heavy atom. The Morgan fingerprint density at radius 2 is 1.82 bits per heavy atom. The second kappa shape index (κ2) is 5.41. The average Bonchev–Trinajstić information content (AvgIpc) is 2.54. The number of rotatable bonds is 1. The first kappa shape index (κ1) is 13.8. The zero-order valence-corrected chi connectivity index (χ0v) is 12.9. The summed E-state index contributed by atoms with van der Waals surface area (Å²) in [6.07, 6.45) is 0.980. The maximum atomic E-state index is 9.87. The van der Waals surface area contributed by atoms with E-state index in [0.29, 0.717) is 17.8 Å². The SMILES string of the molecule is CN1CCN2[C@@H](c3ccccc3)Cc3cc(O)ccc3[C@H]2C1. The van der Waals surface area contributed by atoms with E-state index in [2.05, 4.69) is 53.2 Å². The van der Waals surface area contributed by atoms with Crippen LogP contribution >= 0.6 is 0 Å². The van der Waals surface area contributed by atoms with E-state index < -0.39 is 0 Å². The first-order chi connectivity index (χ1) is 10.7. The summed E-state index contributed by atoms with van der Waals surface area (Å²) >= 11 is 0. The molecule has 1 N–H and O–H groups in total. The van der Waals surface area contributed by atoms with Gasteiger partial charge >= 0.3 is 0 Å². The van der Waals surface area contributed by atoms with Crippen LogP contribution in [0.25, 0.3) is 0 Å². The third-order valence-electron chi connectivity index (χ3n) is 5.11. The van der Waals surface area contributed by atoms with E-state index in [9.17, 15) is 5.11 Å². The molecule has 1 saturated heterocycles. The molecule has 2 aliphatic heterocycles. The lowest BCUT2D eigenvalue weighted by Crippen LogP contribution is -2.50. The van der Waals surface area contributed by atoms with Crippen molar-refractivity contribution < 1.29 is 5.11 Å². The predicted molar refractivity (Wildman–Crippen MR) is 87.9 cm³/mol. The molecule has 2 heterocycles. The zero-order chi connectivity index (χ0) is 15.1. The second-order valence-electron chi connectivity index (χ2n) is 6.53. The van der Waals surface area contributed by atoms with Gasteiger partial charge in [-0.05, 0) is 42.3 Å². The highest BCUT2D eigenvalue weighted by atomic mass is 16.3. The van der Waals surface area contributed by atoms with Crippen molar-refractivity contribution in [3.05, 3.63) is 65.2 Å². The van der Waals surface area contributed by atoms with Gasteiger partial charge in [0.15, 0.2) is 0 Å². The van der Waals surface area contributed by atoms with Crippen LogP contribution < -0.4 is 0 Å². The maximum absolute atomic E-state index is 9.87. The van der Waals surface area contributed by atoms with E-state index in [1.54, 1.807) is 0 Å². The largest absolute Gasteiger partial charge is 0.508 e. The van der Waals surface area contributed by atoms with E-state index in [-0.39, 0.29) is 0 Å². The van der Waals surface area contributed by atoms with E-state index in [4.69, 9.17) is 0 Å². The number of piperazine rings is 1. The Kier molecular flexibility index (Phi) is 3.40. The van der Waals surface area contributed by atoms with Crippen molar-refractivity contribution in [3.8, 4) is 5.75 Å². The number of benzene rings is 2. The molecule has 0 unspecified atom stereocenters. The number of hydrogen-bond donors (Lipinski definition) is 1. The lowest BCUT2D eigenvalue weighted by molar-refractivity contribution is 0.0403. The molecule has 0 spiro atoms. The van der Waals surface area contributed by atoms with Crippen LogP contribution in [0.2, 0.25) is 0 Å². The number of hydrogen-bond acceptors (Lipinski definition) is 3. The smallest absolute Gasteiger partial charge is 0.115 e. The van der Waals surface area contributed by atoms with Gasteiger partial charge in [-0.25, -0.2) is 0 Å². The summed E-state index contributed by atoms with van der Waals surface area (Å²) in [7, 11) is 2.20. The number of phenolic OH excluding ortho intramolecular Hbond substituents is 1. The molecule has 2 atom stereocenters. The van der Waals surface area contributed by atoms with Crippen molar-refractivity contribution in [3.63, 3.8) is 0 Å². The molecule has 2 aromatic carbocycles. The monoisotopic (exact) mass is 294 g/mol. The molecule has 0 bridgehead atoms. The molecule has 0 saturated carbocycles. The molecule has 4 rings (SSSR count). The highest BCUT2D eigenvalue weighted by Crippen LogP contribution is 2.42. The summed E-state index contributed by atoms with van der Waals surface area (Å²) in [6, 6.07) is 17.5. The third kappa shape index (κ3) is 2.31. The topological polar surface area (TPSA) is 26.7 Å². The van der Waals surface area contributed by atoms with Gasteiger partial charge < -0.3 is 10.0 Å². The van der Waals surface area contributed by atoms with Crippen LogP contribution in [0.15, 0.2) is 48.5 Å². The average molecular weight is 294 g/mol.